The highest BCUT2D eigenvalue weighted by Crippen LogP contribution is 2.21. The lowest BCUT2D eigenvalue weighted by Crippen LogP contribution is -2.40. The molecule has 1 unspecified atom stereocenters. The topological polar surface area (TPSA) is 75.8 Å². The summed E-state index contributed by atoms with van der Waals surface area (Å²) in [6, 6.07) is 5.76. The lowest BCUT2D eigenvalue weighted by Gasteiger charge is -2.21. The highest BCUT2D eigenvalue weighted by Gasteiger charge is 2.18. The Kier molecular flexibility index (Phi) is 5.12. The number of likely N-dealkylation sites (N-methyl/N-ethyl adjacent to an activating group) is 1. The van der Waals surface area contributed by atoms with Gasteiger partial charge in [0.1, 0.15) is 11.9 Å². The number of carbonyl (C=O) groups is 1. The molecule has 5 heteroatoms. The molecule has 0 aliphatic heterocycles. The van der Waals surface area contributed by atoms with Crippen molar-refractivity contribution in [1.82, 2.24) is 4.90 Å². The van der Waals surface area contributed by atoms with E-state index in [1.165, 1.54) is 4.90 Å². The molecular formula is C13H20N2O3. The maximum atomic E-state index is 11.7. The Morgan fingerprint density at radius 3 is 2.78 bits per heavy atom. The van der Waals surface area contributed by atoms with Crippen LogP contribution >= 0.6 is 0 Å². The van der Waals surface area contributed by atoms with Crippen molar-refractivity contribution in [3.8, 4) is 5.75 Å². The maximum absolute atomic E-state index is 11.7. The van der Waals surface area contributed by atoms with Gasteiger partial charge >= 0.3 is 0 Å². The largest absolute Gasteiger partial charge is 0.496 e. The Balaban J connectivity index is 2.83. The van der Waals surface area contributed by atoms with E-state index in [4.69, 9.17) is 10.5 Å². The van der Waals surface area contributed by atoms with E-state index in [0.717, 1.165) is 16.9 Å². The molecule has 5 nitrogen and oxygen atoms in total. The highest BCUT2D eigenvalue weighted by atomic mass is 16.5. The van der Waals surface area contributed by atoms with Crippen molar-refractivity contribution >= 4 is 5.91 Å². The smallest absolute Gasteiger partial charge is 0.252 e. The van der Waals surface area contributed by atoms with Gasteiger partial charge in [-0.15, -0.1) is 0 Å². The summed E-state index contributed by atoms with van der Waals surface area (Å²) >= 11 is 0. The van der Waals surface area contributed by atoms with Crippen molar-refractivity contribution in [1.29, 1.82) is 0 Å². The molecule has 18 heavy (non-hydrogen) atoms. The molecule has 0 saturated heterocycles. The van der Waals surface area contributed by atoms with Crippen LogP contribution in [0.25, 0.3) is 0 Å². The summed E-state index contributed by atoms with van der Waals surface area (Å²) in [5.41, 5.74) is 7.25. The van der Waals surface area contributed by atoms with Gasteiger partial charge in [-0.25, -0.2) is 0 Å². The molecule has 0 bridgehead atoms. The summed E-state index contributed by atoms with van der Waals surface area (Å²) in [4.78, 5) is 13.2. The molecule has 3 N–H and O–H groups in total. The Bertz CT molecular complexity index is 421. The summed E-state index contributed by atoms with van der Waals surface area (Å²) in [7, 11) is 3.22. The minimum absolute atomic E-state index is 0.0753. The van der Waals surface area contributed by atoms with Gasteiger partial charge in [0.05, 0.1) is 7.11 Å². The molecule has 0 aliphatic rings. The average molecular weight is 252 g/mol. The molecule has 0 spiro atoms. The van der Waals surface area contributed by atoms with Crippen molar-refractivity contribution in [3.05, 3.63) is 29.3 Å². The van der Waals surface area contributed by atoms with Crippen LogP contribution in [-0.4, -0.2) is 42.7 Å². The average Bonchev–Trinajstić information content (AvgIpc) is 2.37. The molecule has 0 radical (unpaired) electrons. The second-order valence-corrected chi connectivity index (χ2v) is 4.26. The first kappa shape index (κ1) is 14.5. The first-order valence-electron chi connectivity index (χ1n) is 5.76. The van der Waals surface area contributed by atoms with Gasteiger partial charge in [-0.05, 0) is 13.0 Å². The van der Waals surface area contributed by atoms with Gasteiger partial charge in [-0.1, -0.05) is 17.7 Å². The van der Waals surface area contributed by atoms with E-state index < -0.39 is 6.10 Å². The van der Waals surface area contributed by atoms with Crippen molar-refractivity contribution in [2.75, 3.05) is 20.7 Å². The first-order chi connectivity index (χ1) is 8.49. The Morgan fingerprint density at radius 1 is 1.56 bits per heavy atom. The lowest BCUT2D eigenvalue weighted by molar-refractivity contribution is -0.138. The quantitative estimate of drug-likeness (QED) is 0.789. The summed E-state index contributed by atoms with van der Waals surface area (Å²) in [5, 5.41) is 9.41. The van der Waals surface area contributed by atoms with Crippen molar-refractivity contribution in [2.45, 2.75) is 19.6 Å². The minimum atomic E-state index is -1.15. The molecule has 0 fully saturated rings. The van der Waals surface area contributed by atoms with Crippen LogP contribution in [0.1, 0.15) is 11.1 Å². The SMILES string of the molecule is COc1ccc(C)cc1CN(C)C(=O)C(O)CN. The number of ether oxygens (including phenoxy) is 1. The zero-order chi connectivity index (χ0) is 13.7. The fourth-order valence-corrected chi connectivity index (χ4v) is 1.72. The molecule has 100 valence electrons. The number of aliphatic hydroxyl groups excluding tert-OH is 1. The van der Waals surface area contributed by atoms with Gasteiger partial charge in [-0.3, -0.25) is 4.79 Å². The number of aliphatic hydroxyl groups is 1. The molecule has 1 aromatic rings. The fraction of sp³-hybridized carbons (Fsp3) is 0.462. The Morgan fingerprint density at radius 2 is 2.22 bits per heavy atom. The van der Waals surface area contributed by atoms with Crippen LogP contribution in [0, 0.1) is 6.92 Å². The van der Waals surface area contributed by atoms with Crippen LogP contribution in [-0.2, 0) is 11.3 Å². The van der Waals surface area contributed by atoms with Crippen LogP contribution in [0.4, 0.5) is 0 Å². The third kappa shape index (κ3) is 3.45. The van der Waals surface area contributed by atoms with Gasteiger partial charge in [0.2, 0.25) is 0 Å². The molecule has 0 heterocycles. The number of nitrogens with two attached hydrogens (primary N) is 1. The van der Waals surface area contributed by atoms with Gasteiger partial charge < -0.3 is 20.5 Å². The fourth-order valence-electron chi connectivity index (χ4n) is 1.72. The number of hydrogen-bond acceptors (Lipinski definition) is 4. The molecular weight excluding hydrogens is 232 g/mol. The van der Waals surface area contributed by atoms with E-state index >= 15 is 0 Å². The normalized spacial score (nSPS) is 12.1. The standard InChI is InChI=1S/C13H20N2O3/c1-9-4-5-12(18-3)10(6-9)8-15(2)13(17)11(16)7-14/h4-6,11,16H,7-8,14H2,1-3H3. The number of methoxy groups -OCH3 is 1. The molecule has 1 aromatic carbocycles. The predicted molar refractivity (Wildman–Crippen MR) is 69.3 cm³/mol. The summed E-state index contributed by atoms with van der Waals surface area (Å²) in [6.07, 6.45) is -1.15. The minimum Gasteiger partial charge on any atom is -0.496 e. The lowest BCUT2D eigenvalue weighted by atomic mass is 10.1. The number of benzene rings is 1. The number of rotatable bonds is 5. The van der Waals surface area contributed by atoms with Crippen LogP contribution in [0.15, 0.2) is 18.2 Å². The number of amides is 1. The molecule has 0 aromatic heterocycles. The zero-order valence-corrected chi connectivity index (χ0v) is 11.0. The van der Waals surface area contributed by atoms with Crippen LogP contribution < -0.4 is 10.5 Å². The van der Waals surface area contributed by atoms with Crippen LogP contribution in [0.2, 0.25) is 0 Å². The van der Waals surface area contributed by atoms with Crippen LogP contribution in [0.5, 0.6) is 5.75 Å². The van der Waals surface area contributed by atoms with Crippen molar-refractivity contribution in [2.24, 2.45) is 5.73 Å². The maximum Gasteiger partial charge on any atom is 0.252 e. The van der Waals surface area contributed by atoms with Crippen LogP contribution in [0.3, 0.4) is 0 Å². The second-order valence-electron chi connectivity index (χ2n) is 4.26. The van der Waals surface area contributed by atoms with Crippen molar-refractivity contribution < 1.29 is 14.6 Å². The number of carbonyl (C=O) groups excluding carboxylic acids is 1. The van der Waals surface area contributed by atoms with Gasteiger partial charge in [-0.2, -0.15) is 0 Å². The number of nitrogens with zero attached hydrogens (tertiary/aromatic N) is 1. The highest BCUT2D eigenvalue weighted by molar-refractivity contribution is 5.80. The third-order valence-electron chi connectivity index (χ3n) is 2.73. The first-order valence-corrected chi connectivity index (χ1v) is 5.76. The summed E-state index contributed by atoms with van der Waals surface area (Å²) in [5.74, 6) is 0.337. The summed E-state index contributed by atoms with van der Waals surface area (Å²) < 4.78 is 5.24. The van der Waals surface area contributed by atoms with E-state index in [1.54, 1.807) is 14.2 Å². The van der Waals surface area contributed by atoms with E-state index in [2.05, 4.69) is 0 Å². The Hall–Kier alpha value is -1.59. The van der Waals surface area contributed by atoms with E-state index in [-0.39, 0.29) is 12.5 Å². The molecule has 0 aliphatic carbocycles. The van der Waals surface area contributed by atoms with E-state index in [0.29, 0.717) is 6.54 Å². The molecule has 1 amide bonds. The monoisotopic (exact) mass is 252 g/mol. The predicted octanol–water partition coefficient (Wildman–Crippen LogP) is 0.282. The Labute approximate surface area is 107 Å². The van der Waals surface area contributed by atoms with E-state index in [1.807, 2.05) is 25.1 Å². The third-order valence-corrected chi connectivity index (χ3v) is 2.73. The van der Waals surface area contributed by atoms with Gasteiger partial charge in [0.15, 0.2) is 0 Å². The molecule has 0 saturated carbocycles. The van der Waals surface area contributed by atoms with Gasteiger partial charge in [0, 0.05) is 25.7 Å². The number of aryl methyl sites for hydroxylation is 1. The van der Waals surface area contributed by atoms with E-state index in [9.17, 15) is 9.90 Å². The molecule has 1 atom stereocenters. The molecule has 1 rings (SSSR count). The summed E-state index contributed by atoms with van der Waals surface area (Å²) in [6.45, 7) is 2.27. The zero-order valence-electron chi connectivity index (χ0n) is 11.0. The van der Waals surface area contributed by atoms with Crippen molar-refractivity contribution in [3.63, 3.8) is 0 Å². The number of hydrogen-bond donors (Lipinski definition) is 2. The van der Waals surface area contributed by atoms with Gasteiger partial charge in [0.25, 0.3) is 5.91 Å². The second kappa shape index (κ2) is 6.37.